The van der Waals surface area contributed by atoms with Crippen molar-refractivity contribution in [2.24, 2.45) is 4.99 Å². The fraction of sp³-hybridized carbons (Fsp3) is 0.722. The maximum Gasteiger partial charge on any atom is 0.191 e. The predicted octanol–water partition coefficient (Wildman–Crippen LogP) is 1.44. The molecule has 0 atom stereocenters. The maximum absolute atomic E-state index is 4.72. The molecule has 2 N–H and O–H groups in total. The minimum atomic E-state index is 0.486. The number of rotatable bonds is 8. The van der Waals surface area contributed by atoms with Gasteiger partial charge < -0.3 is 15.2 Å². The van der Waals surface area contributed by atoms with E-state index in [0.29, 0.717) is 6.04 Å². The van der Waals surface area contributed by atoms with Gasteiger partial charge in [0.05, 0.1) is 6.54 Å². The second kappa shape index (κ2) is 10.2. The third-order valence-corrected chi connectivity index (χ3v) is 4.39. The summed E-state index contributed by atoms with van der Waals surface area (Å²) in [7, 11) is 0. The Hall–Kier alpha value is -1.89. The van der Waals surface area contributed by atoms with Crippen LogP contribution in [0.1, 0.15) is 39.4 Å². The predicted molar refractivity (Wildman–Crippen MR) is 103 cm³/mol. The Balaban J connectivity index is 1.81. The third-order valence-electron chi connectivity index (χ3n) is 4.39. The molecular formula is C18H33N7. The van der Waals surface area contributed by atoms with Crippen molar-refractivity contribution in [3.8, 4) is 0 Å². The van der Waals surface area contributed by atoms with E-state index in [1.807, 2.05) is 0 Å². The summed E-state index contributed by atoms with van der Waals surface area (Å²) in [6.45, 7) is 15.9. The van der Waals surface area contributed by atoms with E-state index in [9.17, 15) is 0 Å². The van der Waals surface area contributed by atoms with Gasteiger partial charge in [0.2, 0.25) is 0 Å². The number of likely N-dealkylation sites (tertiary alicyclic amines) is 1. The summed E-state index contributed by atoms with van der Waals surface area (Å²) >= 11 is 0. The Morgan fingerprint density at radius 1 is 1.36 bits per heavy atom. The molecule has 1 aliphatic rings. The fourth-order valence-corrected chi connectivity index (χ4v) is 3.14. The highest BCUT2D eigenvalue weighted by molar-refractivity contribution is 5.80. The van der Waals surface area contributed by atoms with E-state index in [0.717, 1.165) is 70.3 Å². The number of guanidine groups is 1. The zero-order valence-electron chi connectivity index (χ0n) is 16.0. The Morgan fingerprint density at radius 3 is 2.76 bits per heavy atom. The van der Waals surface area contributed by atoms with Crippen LogP contribution >= 0.6 is 0 Å². The van der Waals surface area contributed by atoms with Crippen LogP contribution in [0.25, 0.3) is 0 Å². The topological polar surface area (TPSA) is 70.4 Å². The van der Waals surface area contributed by atoms with Gasteiger partial charge >= 0.3 is 0 Å². The molecule has 0 unspecified atom stereocenters. The quantitative estimate of drug-likeness (QED) is 0.423. The van der Waals surface area contributed by atoms with Crippen LogP contribution in [-0.2, 0) is 13.0 Å². The van der Waals surface area contributed by atoms with Crippen LogP contribution in [0, 0.1) is 0 Å². The minimum absolute atomic E-state index is 0.486. The molecule has 25 heavy (non-hydrogen) atoms. The van der Waals surface area contributed by atoms with Gasteiger partial charge in [0.25, 0.3) is 0 Å². The van der Waals surface area contributed by atoms with Gasteiger partial charge in [-0.25, -0.2) is 0 Å². The van der Waals surface area contributed by atoms with Crippen molar-refractivity contribution >= 4 is 5.96 Å². The first-order chi connectivity index (χ1) is 12.1. The summed E-state index contributed by atoms with van der Waals surface area (Å²) in [5, 5.41) is 15.0. The van der Waals surface area contributed by atoms with Crippen molar-refractivity contribution in [3.05, 3.63) is 24.3 Å². The van der Waals surface area contributed by atoms with E-state index in [1.54, 1.807) is 6.33 Å². The van der Waals surface area contributed by atoms with Gasteiger partial charge in [-0.15, -0.1) is 10.2 Å². The van der Waals surface area contributed by atoms with E-state index < -0.39 is 0 Å². The lowest BCUT2D eigenvalue weighted by molar-refractivity contribution is 0.221. The standard InChI is InChI=1S/C18H33N7/c1-5-17-23-21-14-25(17)12-9-20-18(19-6-2)22-16-7-10-24(11-8-16)13-15(3)4/h14,16H,3,5-13H2,1-2,4H3,(H2,19,20,22). The Kier molecular flexibility index (Phi) is 7.91. The summed E-state index contributed by atoms with van der Waals surface area (Å²) in [5.74, 6) is 1.92. The van der Waals surface area contributed by atoms with Crippen LogP contribution in [0.5, 0.6) is 0 Å². The van der Waals surface area contributed by atoms with Crippen LogP contribution in [0.2, 0.25) is 0 Å². The summed E-state index contributed by atoms with van der Waals surface area (Å²) in [4.78, 5) is 7.19. The van der Waals surface area contributed by atoms with Gasteiger partial charge in [0, 0.05) is 45.2 Å². The van der Waals surface area contributed by atoms with Gasteiger partial charge in [0.1, 0.15) is 12.2 Å². The Labute approximate surface area is 151 Å². The molecule has 2 rings (SSSR count). The molecule has 7 nitrogen and oxygen atoms in total. The molecule has 7 heteroatoms. The molecule has 0 aromatic carbocycles. The smallest absolute Gasteiger partial charge is 0.191 e. The molecular weight excluding hydrogens is 314 g/mol. The minimum Gasteiger partial charge on any atom is -0.357 e. The lowest BCUT2D eigenvalue weighted by Crippen LogP contribution is -2.49. The Bertz CT molecular complexity index is 556. The molecule has 0 saturated carbocycles. The van der Waals surface area contributed by atoms with Crippen molar-refractivity contribution in [1.29, 1.82) is 0 Å². The summed E-state index contributed by atoms with van der Waals surface area (Å²) in [6, 6.07) is 0.486. The first kappa shape index (κ1) is 19.4. The van der Waals surface area contributed by atoms with Crippen molar-refractivity contribution in [2.75, 3.05) is 32.7 Å². The molecule has 140 valence electrons. The SMILES string of the molecule is C=C(C)CN1CCC(NC(=NCCn2cnnc2CC)NCC)CC1. The molecule has 0 bridgehead atoms. The lowest BCUT2D eigenvalue weighted by atomic mass is 10.0. The van der Waals surface area contributed by atoms with Gasteiger partial charge in [0.15, 0.2) is 5.96 Å². The van der Waals surface area contributed by atoms with Crippen LogP contribution in [0.4, 0.5) is 0 Å². The first-order valence-electron chi connectivity index (χ1n) is 9.40. The highest BCUT2D eigenvalue weighted by Crippen LogP contribution is 2.11. The molecule has 2 heterocycles. The number of aromatic nitrogens is 3. The average molecular weight is 348 g/mol. The van der Waals surface area contributed by atoms with Crippen LogP contribution in [0.3, 0.4) is 0 Å². The van der Waals surface area contributed by atoms with Crippen LogP contribution in [0.15, 0.2) is 23.5 Å². The van der Waals surface area contributed by atoms with Crippen LogP contribution < -0.4 is 10.6 Å². The van der Waals surface area contributed by atoms with Crippen molar-refractivity contribution < 1.29 is 0 Å². The second-order valence-corrected chi connectivity index (χ2v) is 6.71. The normalized spacial score (nSPS) is 16.8. The number of nitrogens with zero attached hydrogens (tertiary/aromatic N) is 5. The van der Waals surface area contributed by atoms with E-state index in [4.69, 9.17) is 4.99 Å². The molecule has 1 aliphatic heterocycles. The van der Waals surface area contributed by atoms with Crippen LogP contribution in [-0.4, -0.2) is 64.4 Å². The van der Waals surface area contributed by atoms with E-state index >= 15 is 0 Å². The molecule has 1 fully saturated rings. The molecule has 0 amide bonds. The van der Waals surface area contributed by atoms with Gasteiger partial charge in [-0.1, -0.05) is 19.1 Å². The van der Waals surface area contributed by atoms with E-state index in [2.05, 4.69) is 57.6 Å². The Morgan fingerprint density at radius 2 is 2.12 bits per heavy atom. The summed E-state index contributed by atoms with van der Waals surface area (Å²) in [5.41, 5.74) is 1.24. The van der Waals surface area contributed by atoms with Crippen molar-refractivity contribution in [3.63, 3.8) is 0 Å². The largest absolute Gasteiger partial charge is 0.357 e. The molecule has 0 radical (unpaired) electrons. The highest BCUT2D eigenvalue weighted by Gasteiger charge is 2.19. The molecule has 1 saturated heterocycles. The molecule has 0 spiro atoms. The number of aryl methyl sites for hydroxylation is 1. The van der Waals surface area contributed by atoms with E-state index in [-0.39, 0.29) is 0 Å². The van der Waals surface area contributed by atoms with Gasteiger partial charge in [-0.05, 0) is 26.7 Å². The second-order valence-electron chi connectivity index (χ2n) is 6.71. The molecule has 1 aromatic rings. The highest BCUT2D eigenvalue weighted by atomic mass is 15.3. The summed E-state index contributed by atoms with van der Waals surface area (Å²) < 4.78 is 2.07. The number of nitrogens with one attached hydrogen (secondary N) is 2. The average Bonchev–Trinajstić information content (AvgIpc) is 3.04. The number of hydrogen-bond donors (Lipinski definition) is 2. The number of aliphatic imine (C=N–C) groups is 1. The third kappa shape index (κ3) is 6.49. The van der Waals surface area contributed by atoms with Gasteiger partial charge in [-0.2, -0.15) is 0 Å². The monoisotopic (exact) mass is 347 g/mol. The van der Waals surface area contributed by atoms with Crippen molar-refractivity contribution in [2.45, 2.75) is 52.6 Å². The number of hydrogen-bond acceptors (Lipinski definition) is 4. The lowest BCUT2D eigenvalue weighted by Gasteiger charge is -2.33. The van der Waals surface area contributed by atoms with E-state index in [1.165, 1.54) is 5.57 Å². The first-order valence-corrected chi connectivity index (χ1v) is 9.40. The number of piperidine rings is 1. The summed E-state index contributed by atoms with van der Waals surface area (Å²) in [6.07, 6.45) is 4.96. The maximum atomic E-state index is 4.72. The zero-order chi connectivity index (χ0) is 18.1. The fourth-order valence-electron chi connectivity index (χ4n) is 3.14. The zero-order valence-corrected chi connectivity index (χ0v) is 16.0. The molecule has 0 aliphatic carbocycles. The molecule has 1 aromatic heterocycles. The van der Waals surface area contributed by atoms with Crippen molar-refractivity contribution in [1.82, 2.24) is 30.3 Å². The van der Waals surface area contributed by atoms with Gasteiger partial charge in [-0.3, -0.25) is 9.89 Å².